The van der Waals surface area contributed by atoms with Gasteiger partial charge < -0.3 is 0 Å². The topological polar surface area (TPSA) is 72.2 Å². The summed E-state index contributed by atoms with van der Waals surface area (Å²) in [6.07, 6.45) is 3.87. The first-order valence-corrected chi connectivity index (χ1v) is 7.75. The van der Waals surface area contributed by atoms with Crippen molar-refractivity contribution in [2.45, 2.75) is 25.3 Å². The molecule has 1 unspecified atom stereocenters. The number of nitrogens with one attached hydrogen (secondary N) is 1. The number of nitrogens with two attached hydrogens (primary N) is 1. The van der Waals surface area contributed by atoms with Crippen LogP contribution in [0.15, 0.2) is 30.3 Å². The molecule has 1 atom stereocenters. The van der Waals surface area contributed by atoms with Gasteiger partial charge in [0, 0.05) is 12.3 Å². The van der Waals surface area contributed by atoms with Crippen LogP contribution in [0.2, 0.25) is 0 Å². The Hall–Kier alpha value is -0.910. The fourth-order valence-corrected chi connectivity index (χ4v) is 2.77. The number of sulfone groups is 1. The Balaban J connectivity index is 2.34. The summed E-state index contributed by atoms with van der Waals surface area (Å²) in [5.41, 5.74) is 3.83. The van der Waals surface area contributed by atoms with E-state index in [0.29, 0.717) is 0 Å². The Bertz CT molecular complexity index is 417. The van der Waals surface area contributed by atoms with Crippen LogP contribution in [0.3, 0.4) is 0 Å². The van der Waals surface area contributed by atoms with E-state index in [1.165, 1.54) is 11.8 Å². The summed E-state index contributed by atoms with van der Waals surface area (Å²) in [5, 5.41) is 0. The molecule has 0 aliphatic rings. The zero-order valence-electron chi connectivity index (χ0n) is 10.1. The van der Waals surface area contributed by atoms with Crippen LogP contribution in [0.1, 0.15) is 18.4 Å². The van der Waals surface area contributed by atoms with Gasteiger partial charge >= 0.3 is 0 Å². The summed E-state index contributed by atoms with van der Waals surface area (Å²) < 4.78 is 22.3. The Morgan fingerprint density at radius 1 is 1.29 bits per heavy atom. The molecule has 0 radical (unpaired) electrons. The van der Waals surface area contributed by atoms with Gasteiger partial charge in [0.25, 0.3) is 0 Å². The predicted molar refractivity (Wildman–Crippen MR) is 70.2 cm³/mol. The summed E-state index contributed by atoms with van der Waals surface area (Å²) >= 11 is 0. The fourth-order valence-electron chi connectivity index (χ4n) is 1.78. The molecular formula is C12H20N2O2S. The number of hydrogen-bond donors (Lipinski definition) is 2. The second-order valence-corrected chi connectivity index (χ2v) is 6.52. The normalized spacial score (nSPS) is 13.5. The second kappa shape index (κ2) is 6.74. The summed E-state index contributed by atoms with van der Waals surface area (Å²) in [5.74, 6) is 5.44. The zero-order valence-corrected chi connectivity index (χ0v) is 10.9. The van der Waals surface area contributed by atoms with E-state index in [-0.39, 0.29) is 11.8 Å². The van der Waals surface area contributed by atoms with E-state index in [0.717, 1.165) is 19.3 Å². The van der Waals surface area contributed by atoms with E-state index >= 15 is 0 Å². The summed E-state index contributed by atoms with van der Waals surface area (Å²) in [7, 11) is -2.97. The lowest BCUT2D eigenvalue weighted by molar-refractivity contribution is 0.505. The molecular weight excluding hydrogens is 236 g/mol. The van der Waals surface area contributed by atoms with E-state index in [1.54, 1.807) is 0 Å². The Labute approximate surface area is 103 Å². The third-order valence-corrected chi connectivity index (χ3v) is 3.61. The van der Waals surface area contributed by atoms with E-state index in [9.17, 15) is 8.42 Å². The molecule has 96 valence electrons. The molecule has 0 spiro atoms. The van der Waals surface area contributed by atoms with Crippen molar-refractivity contribution in [3.8, 4) is 0 Å². The molecule has 0 amide bonds. The van der Waals surface area contributed by atoms with Gasteiger partial charge in [-0.15, -0.1) is 0 Å². The van der Waals surface area contributed by atoms with E-state index in [4.69, 9.17) is 5.84 Å². The van der Waals surface area contributed by atoms with Crippen LogP contribution >= 0.6 is 0 Å². The predicted octanol–water partition coefficient (Wildman–Crippen LogP) is 0.886. The first-order valence-electron chi connectivity index (χ1n) is 5.69. The summed E-state index contributed by atoms with van der Waals surface area (Å²) in [4.78, 5) is 0. The van der Waals surface area contributed by atoms with Crippen molar-refractivity contribution < 1.29 is 8.42 Å². The number of hydrogen-bond acceptors (Lipinski definition) is 4. The number of benzene rings is 1. The van der Waals surface area contributed by atoms with Crippen LogP contribution in [0.25, 0.3) is 0 Å². The molecule has 5 heteroatoms. The molecule has 0 fully saturated rings. The standard InChI is InChI=1S/C12H20N2O2S/c1-17(15,16)10-12(14-13)9-5-8-11-6-3-2-4-7-11/h2-4,6-7,12,14H,5,8-10,13H2,1H3. The highest BCUT2D eigenvalue weighted by molar-refractivity contribution is 7.90. The molecule has 1 aromatic rings. The Morgan fingerprint density at radius 3 is 2.47 bits per heavy atom. The SMILES string of the molecule is CS(=O)(=O)CC(CCCc1ccccc1)NN. The van der Waals surface area contributed by atoms with Gasteiger partial charge in [-0.3, -0.25) is 11.3 Å². The van der Waals surface area contributed by atoms with E-state index in [2.05, 4.69) is 17.6 Å². The minimum absolute atomic E-state index is 0.0955. The molecule has 0 saturated heterocycles. The van der Waals surface area contributed by atoms with Crippen LogP contribution in [0.5, 0.6) is 0 Å². The number of hydrazine groups is 1. The highest BCUT2D eigenvalue weighted by atomic mass is 32.2. The third kappa shape index (κ3) is 6.41. The van der Waals surface area contributed by atoms with Crippen molar-refractivity contribution in [1.29, 1.82) is 0 Å². The van der Waals surface area contributed by atoms with Gasteiger partial charge in [0.15, 0.2) is 0 Å². The summed E-state index contributed by atoms with van der Waals surface area (Å²) in [6.45, 7) is 0. The van der Waals surface area contributed by atoms with Crippen LogP contribution in [-0.2, 0) is 16.3 Å². The maximum absolute atomic E-state index is 11.1. The smallest absolute Gasteiger partial charge is 0.149 e. The first-order chi connectivity index (χ1) is 8.01. The van der Waals surface area contributed by atoms with Crippen LogP contribution < -0.4 is 11.3 Å². The van der Waals surface area contributed by atoms with E-state index in [1.807, 2.05) is 18.2 Å². The van der Waals surface area contributed by atoms with Gasteiger partial charge in [0.1, 0.15) is 9.84 Å². The Kier molecular flexibility index (Phi) is 5.61. The van der Waals surface area contributed by atoms with Crippen molar-refractivity contribution >= 4 is 9.84 Å². The lowest BCUT2D eigenvalue weighted by atomic mass is 10.1. The lowest BCUT2D eigenvalue weighted by Gasteiger charge is -2.14. The number of aryl methyl sites for hydroxylation is 1. The molecule has 0 aromatic heterocycles. The molecule has 0 aliphatic heterocycles. The Morgan fingerprint density at radius 2 is 1.94 bits per heavy atom. The van der Waals surface area contributed by atoms with Crippen molar-refractivity contribution in [3.05, 3.63) is 35.9 Å². The zero-order chi connectivity index (χ0) is 12.7. The van der Waals surface area contributed by atoms with Gasteiger partial charge in [-0.2, -0.15) is 0 Å². The molecule has 0 bridgehead atoms. The molecule has 3 N–H and O–H groups in total. The first kappa shape index (κ1) is 14.2. The molecule has 0 heterocycles. The minimum Gasteiger partial charge on any atom is -0.271 e. The van der Waals surface area contributed by atoms with Gasteiger partial charge in [0.05, 0.1) is 5.75 Å². The largest absolute Gasteiger partial charge is 0.271 e. The van der Waals surface area contributed by atoms with Gasteiger partial charge in [-0.1, -0.05) is 30.3 Å². The second-order valence-electron chi connectivity index (χ2n) is 4.33. The molecule has 0 aliphatic carbocycles. The quantitative estimate of drug-likeness (QED) is 0.561. The van der Waals surface area contributed by atoms with Crippen molar-refractivity contribution in [3.63, 3.8) is 0 Å². The average molecular weight is 256 g/mol. The molecule has 17 heavy (non-hydrogen) atoms. The lowest BCUT2D eigenvalue weighted by Crippen LogP contribution is -2.40. The van der Waals surface area contributed by atoms with Crippen molar-refractivity contribution in [2.24, 2.45) is 5.84 Å². The van der Waals surface area contributed by atoms with E-state index < -0.39 is 9.84 Å². The molecule has 1 aromatic carbocycles. The van der Waals surface area contributed by atoms with Crippen LogP contribution in [-0.4, -0.2) is 26.5 Å². The maximum atomic E-state index is 11.1. The van der Waals surface area contributed by atoms with Crippen LogP contribution in [0, 0.1) is 0 Å². The summed E-state index contributed by atoms with van der Waals surface area (Å²) in [6, 6.07) is 9.98. The molecule has 0 saturated carbocycles. The fraction of sp³-hybridized carbons (Fsp3) is 0.500. The van der Waals surface area contributed by atoms with Crippen molar-refractivity contribution in [2.75, 3.05) is 12.0 Å². The monoisotopic (exact) mass is 256 g/mol. The van der Waals surface area contributed by atoms with Gasteiger partial charge in [-0.05, 0) is 24.8 Å². The van der Waals surface area contributed by atoms with Crippen molar-refractivity contribution in [1.82, 2.24) is 5.43 Å². The highest BCUT2D eigenvalue weighted by Gasteiger charge is 2.13. The molecule has 4 nitrogen and oxygen atoms in total. The van der Waals surface area contributed by atoms with Crippen LogP contribution in [0.4, 0.5) is 0 Å². The maximum Gasteiger partial charge on any atom is 0.149 e. The number of rotatable bonds is 7. The third-order valence-electron chi connectivity index (χ3n) is 2.60. The van der Waals surface area contributed by atoms with Gasteiger partial charge in [-0.25, -0.2) is 8.42 Å². The highest BCUT2D eigenvalue weighted by Crippen LogP contribution is 2.07. The molecule has 1 rings (SSSR count). The average Bonchev–Trinajstić information content (AvgIpc) is 2.27. The van der Waals surface area contributed by atoms with Gasteiger partial charge in [0.2, 0.25) is 0 Å². The minimum atomic E-state index is -2.97.